The van der Waals surface area contributed by atoms with Crippen molar-refractivity contribution < 1.29 is 9.90 Å². The van der Waals surface area contributed by atoms with Gasteiger partial charge in [-0.05, 0) is 19.9 Å². The largest absolute Gasteiger partial charge is 0.390 e. The van der Waals surface area contributed by atoms with Crippen molar-refractivity contribution in [1.82, 2.24) is 30.0 Å². The number of amides is 1. The highest BCUT2D eigenvalue weighted by molar-refractivity contribution is 5.92. The van der Waals surface area contributed by atoms with Crippen LogP contribution in [0.3, 0.4) is 0 Å². The van der Waals surface area contributed by atoms with Gasteiger partial charge in [-0.1, -0.05) is 0 Å². The quantitative estimate of drug-likeness (QED) is 0.815. The molecule has 1 saturated heterocycles. The summed E-state index contributed by atoms with van der Waals surface area (Å²) in [4.78, 5) is 22.1. The second kappa shape index (κ2) is 7.06. The minimum absolute atomic E-state index is 0.251. The Balaban J connectivity index is 1.60. The van der Waals surface area contributed by atoms with Crippen molar-refractivity contribution in [3.63, 3.8) is 0 Å². The predicted molar refractivity (Wildman–Crippen MR) is 87.2 cm³/mol. The lowest BCUT2D eigenvalue weighted by Crippen LogP contribution is -2.43. The third kappa shape index (κ3) is 3.60. The van der Waals surface area contributed by atoms with E-state index in [1.54, 1.807) is 6.20 Å². The number of nitrogens with zero attached hydrogens (tertiary/aromatic N) is 5. The van der Waals surface area contributed by atoms with E-state index in [0.717, 1.165) is 5.69 Å². The van der Waals surface area contributed by atoms with Crippen LogP contribution in [0.1, 0.15) is 36.1 Å². The van der Waals surface area contributed by atoms with Crippen molar-refractivity contribution in [3.8, 4) is 0 Å². The SMILES string of the molecule is CC(C)n1nccc1CN1C[C@@H](O)[C@H](NC(=O)c2cnccn2)C1. The van der Waals surface area contributed by atoms with E-state index < -0.39 is 6.10 Å². The number of aliphatic hydroxyl groups is 1. The zero-order chi connectivity index (χ0) is 17.1. The molecule has 0 aliphatic carbocycles. The first-order valence-corrected chi connectivity index (χ1v) is 8.04. The Bertz CT molecular complexity index is 687. The zero-order valence-corrected chi connectivity index (χ0v) is 13.8. The fraction of sp³-hybridized carbons (Fsp3) is 0.500. The van der Waals surface area contributed by atoms with E-state index >= 15 is 0 Å². The molecule has 3 heterocycles. The highest BCUT2D eigenvalue weighted by Crippen LogP contribution is 2.16. The molecular weight excluding hydrogens is 308 g/mol. The summed E-state index contributed by atoms with van der Waals surface area (Å²) >= 11 is 0. The molecule has 2 atom stereocenters. The summed E-state index contributed by atoms with van der Waals surface area (Å²) in [6.07, 6.45) is 5.58. The van der Waals surface area contributed by atoms with E-state index in [9.17, 15) is 9.90 Å². The molecule has 1 fully saturated rings. The molecule has 0 radical (unpaired) electrons. The standard InChI is InChI=1S/C16H22N6O2/c1-11(2)22-12(3-4-19-22)8-21-9-14(15(23)10-21)20-16(24)13-7-17-5-6-18-13/h3-7,11,14-15,23H,8-10H2,1-2H3,(H,20,24)/t14-,15-/m1/s1. The van der Waals surface area contributed by atoms with Gasteiger partial charge >= 0.3 is 0 Å². The van der Waals surface area contributed by atoms with Crippen molar-refractivity contribution in [2.75, 3.05) is 13.1 Å². The maximum absolute atomic E-state index is 12.2. The van der Waals surface area contributed by atoms with E-state index in [1.807, 2.05) is 10.7 Å². The Morgan fingerprint density at radius 1 is 1.38 bits per heavy atom. The van der Waals surface area contributed by atoms with Gasteiger partial charge in [-0.3, -0.25) is 19.4 Å². The lowest BCUT2D eigenvalue weighted by atomic mass is 10.2. The number of β-amino-alcohol motifs (C(OH)–C–C–N with tert-alkyl or cyclic N) is 1. The predicted octanol–water partition coefficient (Wildman–Crippen LogP) is 0.229. The maximum Gasteiger partial charge on any atom is 0.271 e. The molecule has 0 spiro atoms. The van der Waals surface area contributed by atoms with Crippen LogP contribution >= 0.6 is 0 Å². The van der Waals surface area contributed by atoms with Gasteiger partial charge < -0.3 is 10.4 Å². The summed E-state index contributed by atoms with van der Waals surface area (Å²) in [7, 11) is 0. The van der Waals surface area contributed by atoms with Crippen molar-refractivity contribution in [3.05, 3.63) is 42.2 Å². The third-order valence-corrected chi connectivity index (χ3v) is 4.10. The molecule has 0 aromatic carbocycles. The van der Waals surface area contributed by atoms with Gasteiger partial charge in [0.15, 0.2) is 0 Å². The number of aromatic nitrogens is 4. The van der Waals surface area contributed by atoms with Gasteiger partial charge in [-0.2, -0.15) is 5.10 Å². The Labute approximate surface area is 140 Å². The summed E-state index contributed by atoms with van der Waals surface area (Å²) in [6, 6.07) is 1.95. The van der Waals surface area contributed by atoms with Crippen LogP contribution in [0.5, 0.6) is 0 Å². The molecule has 1 aliphatic rings. The van der Waals surface area contributed by atoms with Crippen molar-refractivity contribution in [1.29, 1.82) is 0 Å². The van der Waals surface area contributed by atoms with Gasteiger partial charge in [-0.25, -0.2) is 4.98 Å². The van der Waals surface area contributed by atoms with Crippen LogP contribution in [0.2, 0.25) is 0 Å². The van der Waals surface area contributed by atoms with Gasteiger partial charge in [0.1, 0.15) is 5.69 Å². The molecular formula is C16H22N6O2. The average Bonchev–Trinajstić information content (AvgIpc) is 3.15. The Morgan fingerprint density at radius 2 is 2.21 bits per heavy atom. The third-order valence-electron chi connectivity index (χ3n) is 4.10. The highest BCUT2D eigenvalue weighted by Gasteiger charge is 2.33. The summed E-state index contributed by atoms with van der Waals surface area (Å²) in [6.45, 7) is 5.94. The number of hydrogen-bond acceptors (Lipinski definition) is 6. The minimum atomic E-state index is -0.610. The van der Waals surface area contributed by atoms with E-state index in [0.29, 0.717) is 19.6 Å². The smallest absolute Gasteiger partial charge is 0.271 e. The number of hydrogen-bond donors (Lipinski definition) is 2. The molecule has 24 heavy (non-hydrogen) atoms. The van der Waals surface area contributed by atoms with Gasteiger partial charge in [0.25, 0.3) is 5.91 Å². The zero-order valence-electron chi connectivity index (χ0n) is 13.8. The molecule has 0 unspecified atom stereocenters. The number of aliphatic hydroxyl groups excluding tert-OH is 1. The van der Waals surface area contributed by atoms with Gasteiger partial charge in [-0.15, -0.1) is 0 Å². The lowest BCUT2D eigenvalue weighted by Gasteiger charge is -2.18. The van der Waals surface area contributed by atoms with Gasteiger partial charge in [0.2, 0.25) is 0 Å². The van der Waals surface area contributed by atoms with Gasteiger partial charge in [0.05, 0.1) is 24.0 Å². The average molecular weight is 330 g/mol. The summed E-state index contributed by atoms with van der Waals surface area (Å²) in [5, 5.41) is 17.4. The second-order valence-corrected chi connectivity index (χ2v) is 6.29. The summed E-state index contributed by atoms with van der Waals surface area (Å²) in [5.74, 6) is -0.318. The molecule has 3 rings (SSSR count). The fourth-order valence-corrected chi connectivity index (χ4v) is 2.96. The summed E-state index contributed by atoms with van der Waals surface area (Å²) < 4.78 is 1.97. The maximum atomic E-state index is 12.2. The van der Waals surface area contributed by atoms with Crippen LogP contribution in [-0.2, 0) is 6.54 Å². The molecule has 0 bridgehead atoms. The number of carbonyl (C=O) groups excluding carboxylic acids is 1. The van der Waals surface area contributed by atoms with Crippen LogP contribution in [0.25, 0.3) is 0 Å². The van der Waals surface area contributed by atoms with E-state index in [1.165, 1.54) is 18.6 Å². The van der Waals surface area contributed by atoms with Crippen LogP contribution in [0, 0.1) is 0 Å². The van der Waals surface area contributed by atoms with Crippen LogP contribution in [0.15, 0.2) is 30.9 Å². The van der Waals surface area contributed by atoms with Crippen LogP contribution in [-0.4, -0.2) is 60.9 Å². The van der Waals surface area contributed by atoms with Crippen molar-refractivity contribution >= 4 is 5.91 Å². The molecule has 8 nitrogen and oxygen atoms in total. The van der Waals surface area contributed by atoms with Crippen LogP contribution < -0.4 is 5.32 Å². The van der Waals surface area contributed by atoms with Crippen molar-refractivity contribution in [2.45, 2.75) is 38.6 Å². The molecule has 2 N–H and O–H groups in total. The van der Waals surface area contributed by atoms with E-state index in [2.05, 4.69) is 39.1 Å². The van der Waals surface area contributed by atoms with E-state index in [-0.39, 0.29) is 23.7 Å². The Kier molecular flexibility index (Phi) is 4.86. The molecule has 1 amide bonds. The van der Waals surface area contributed by atoms with Crippen LogP contribution in [0.4, 0.5) is 0 Å². The van der Waals surface area contributed by atoms with Crippen molar-refractivity contribution in [2.24, 2.45) is 0 Å². The monoisotopic (exact) mass is 330 g/mol. The molecule has 8 heteroatoms. The first-order valence-electron chi connectivity index (χ1n) is 8.04. The number of likely N-dealkylation sites (tertiary alicyclic amines) is 1. The molecule has 2 aromatic heterocycles. The topological polar surface area (TPSA) is 96.2 Å². The fourth-order valence-electron chi connectivity index (χ4n) is 2.96. The second-order valence-electron chi connectivity index (χ2n) is 6.29. The molecule has 0 saturated carbocycles. The summed E-state index contributed by atoms with van der Waals surface area (Å²) in [5.41, 5.74) is 1.35. The highest BCUT2D eigenvalue weighted by atomic mass is 16.3. The molecule has 1 aliphatic heterocycles. The number of carbonyl (C=O) groups is 1. The van der Waals surface area contributed by atoms with E-state index in [4.69, 9.17) is 0 Å². The van der Waals surface area contributed by atoms with Gasteiger partial charge in [0, 0.05) is 44.3 Å². The first kappa shape index (κ1) is 16.5. The lowest BCUT2D eigenvalue weighted by molar-refractivity contribution is 0.0883. The molecule has 128 valence electrons. The Hall–Kier alpha value is -2.32. The minimum Gasteiger partial charge on any atom is -0.390 e. The molecule has 2 aromatic rings. The first-order chi connectivity index (χ1) is 11.5. The number of nitrogens with one attached hydrogen (secondary N) is 1. The normalized spacial score (nSPS) is 21.3. The number of rotatable bonds is 5. The Morgan fingerprint density at radius 3 is 2.92 bits per heavy atom.